The molecule has 0 amide bonds. The highest BCUT2D eigenvalue weighted by atomic mass is 16.5. The van der Waals surface area contributed by atoms with E-state index in [0.29, 0.717) is 17.8 Å². The summed E-state index contributed by atoms with van der Waals surface area (Å²) in [5, 5.41) is 8.50. The molecule has 0 bridgehead atoms. The summed E-state index contributed by atoms with van der Waals surface area (Å²) in [5.74, 6) is 1.26. The van der Waals surface area contributed by atoms with E-state index in [0.717, 1.165) is 19.4 Å². The number of hydrogen-bond acceptors (Lipinski definition) is 4. The number of aromatic nitrogens is 3. The monoisotopic (exact) mass is 276 g/mol. The van der Waals surface area contributed by atoms with E-state index < -0.39 is 0 Å². The minimum Gasteiger partial charge on any atom is -0.381 e. The summed E-state index contributed by atoms with van der Waals surface area (Å²) in [6.07, 6.45) is 11.0. The van der Waals surface area contributed by atoms with Gasteiger partial charge in [0.2, 0.25) is 0 Å². The lowest BCUT2D eigenvalue weighted by Crippen LogP contribution is -2.42. The SMILES string of the molecule is Nc1nnn(C2CCOC3(CCCCC3)C2)c1C1CC1. The lowest BCUT2D eigenvalue weighted by Gasteiger charge is -2.43. The van der Waals surface area contributed by atoms with Crippen molar-refractivity contribution >= 4 is 5.82 Å². The van der Waals surface area contributed by atoms with E-state index in [9.17, 15) is 0 Å². The normalized spacial score (nSPS) is 29.7. The van der Waals surface area contributed by atoms with Gasteiger partial charge in [-0.1, -0.05) is 24.5 Å². The van der Waals surface area contributed by atoms with E-state index in [4.69, 9.17) is 10.5 Å². The molecule has 110 valence electrons. The second-order valence-corrected chi connectivity index (χ2v) is 6.82. The first-order valence-electron chi connectivity index (χ1n) is 8.12. The predicted octanol–water partition coefficient (Wildman–Crippen LogP) is 2.79. The van der Waals surface area contributed by atoms with Gasteiger partial charge in [-0.05, 0) is 38.5 Å². The Morgan fingerprint density at radius 3 is 2.70 bits per heavy atom. The summed E-state index contributed by atoms with van der Waals surface area (Å²) < 4.78 is 8.33. The lowest BCUT2D eigenvalue weighted by atomic mass is 9.78. The molecule has 1 saturated heterocycles. The summed E-state index contributed by atoms with van der Waals surface area (Å²) in [5.41, 5.74) is 7.34. The van der Waals surface area contributed by atoms with E-state index in [2.05, 4.69) is 15.0 Å². The average molecular weight is 276 g/mol. The molecule has 1 unspecified atom stereocenters. The maximum Gasteiger partial charge on any atom is 0.169 e. The molecule has 5 nitrogen and oxygen atoms in total. The smallest absolute Gasteiger partial charge is 0.169 e. The van der Waals surface area contributed by atoms with Crippen molar-refractivity contribution in [1.82, 2.24) is 15.0 Å². The molecule has 2 N–H and O–H groups in total. The van der Waals surface area contributed by atoms with Gasteiger partial charge in [-0.3, -0.25) is 0 Å². The zero-order valence-corrected chi connectivity index (χ0v) is 12.1. The fourth-order valence-electron chi connectivity index (χ4n) is 4.09. The second kappa shape index (κ2) is 4.72. The molecule has 1 spiro atoms. The Bertz CT molecular complexity index is 483. The minimum atomic E-state index is 0.114. The highest BCUT2D eigenvalue weighted by Crippen LogP contribution is 2.46. The molecule has 0 radical (unpaired) electrons. The first kappa shape index (κ1) is 12.6. The van der Waals surface area contributed by atoms with Crippen molar-refractivity contribution in [2.45, 2.75) is 75.3 Å². The van der Waals surface area contributed by atoms with Crippen LogP contribution in [0.15, 0.2) is 0 Å². The Morgan fingerprint density at radius 1 is 1.15 bits per heavy atom. The van der Waals surface area contributed by atoms with Crippen LogP contribution < -0.4 is 5.73 Å². The number of hydrogen-bond donors (Lipinski definition) is 1. The molecule has 3 fully saturated rings. The van der Waals surface area contributed by atoms with Gasteiger partial charge in [0.15, 0.2) is 5.82 Å². The van der Waals surface area contributed by atoms with Crippen molar-refractivity contribution in [3.8, 4) is 0 Å². The second-order valence-electron chi connectivity index (χ2n) is 6.82. The number of nitrogens with two attached hydrogens (primary N) is 1. The molecular formula is C15H24N4O. The number of anilines is 1. The van der Waals surface area contributed by atoms with Crippen molar-refractivity contribution in [2.24, 2.45) is 0 Å². The van der Waals surface area contributed by atoms with E-state index in [1.54, 1.807) is 0 Å². The van der Waals surface area contributed by atoms with Crippen molar-refractivity contribution in [2.75, 3.05) is 12.3 Å². The highest BCUT2D eigenvalue weighted by molar-refractivity contribution is 5.38. The Hall–Kier alpha value is -1.10. The van der Waals surface area contributed by atoms with Gasteiger partial charge < -0.3 is 10.5 Å². The first-order chi connectivity index (χ1) is 9.77. The van der Waals surface area contributed by atoms with Crippen LogP contribution in [-0.4, -0.2) is 27.2 Å². The van der Waals surface area contributed by atoms with Gasteiger partial charge in [-0.25, -0.2) is 4.68 Å². The third kappa shape index (κ3) is 2.12. The molecule has 2 heterocycles. The van der Waals surface area contributed by atoms with Gasteiger partial charge in [0, 0.05) is 12.5 Å². The number of nitrogens with zero attached hydrogens (tertiary/aromatic N) is 3. The van der Waals surface area contributed by atoms with Crippen LogP contribution in [0.25, 0.3) is 0 Å². The van der Waals surface area contributed by atoms with E-state index in [1.165, 1.54) is 50.6 Å². The van der Waals surface area contributed by atoms with Gasteiger partial charge in [-0.2, -0.15) is 0 Å². The molecular weight excluding hydrogens is 252 g/mol. The molecule has 0 aromatic carbocycles. The number of nitrogen functional groups attached to an aromatic ring is 1. The average Bonchev–Trinajstić information content (AvgIpc) is 3.22. The van der Waals surface area contributed by atoms with Crippen molar-refractivity contribution in [1.29, 1.82) is 0 Å². The molecule has 1 aliphatic heterocycles. The zero-order valence-electron chi connectivity index (χ0n) is 12.1. The van der Waals surface area contributed by atoms with Crippen LogP contribution in [0.4, 0.5) is 5.82 Å². The summed E-state index contributed by atoms with van der Waals surface area (Å²) in [7, 11) is 0. The third-order valence-corrected chi connectivity index (χ3v) is 5.30. The van der Waals surface area contributed by atoms with Gasteiger partial charge >= 0.3 is 0 Å². The van der Waals surface area contributed by atoms with Crippen LogP contribution >= 0.6 is 0 Å². The molecule has 3 aliphatic rings. The summed E-state index contributed by atoms with van der Waals surface area (Å²) in [4.78, 5) is 0. The first-order valence-corrected chi connectivity index (χ1v) is 8.12. The maximum absolute atomic E-state index is 6.19. The molecule has 1 aromatic heterocycles. The number of rotatable bonds is 2. The Kier molecular flexibility index (Phi) is 2.98. The van der Waals surface area contributed by atoms with Gasteiger partial charge in [0.05, 0.1) is 17.3 Å². The predicted molar refractivity (Wildman–Crippen MR) is 76.4 cm³/mol. The molecule has 2 saturated carbocycles. The van der Waals surface area contributed by atoms with Crippen molar-refractivity contribution in [3.05, 3.63) is 5.69 Å². The summed E-state index contributed by atoms with van der Waals surface area (Å²) in [6, 6.07) is 0.433. The minimum absolute atomic E-state index is 0.114. The Labute approximate surface area is 119 Å². The third-order valence-electron chi connectivity index (χ3n) is 5.30. The lowest BCUT2D eigenvalue weighted by molar-refractivity contribution is -0.116. The largest absolute Gasteiger partial charge is 0.381 e. The topological polar surface area (TPSA) is 66.0 Å². The maximum atomic E-state index is 6.19. The van der Waals surface area contributed by atoms with E-state index in [1.807, 2.05) is 0 Å². The fourth-order valence-corrected chi connectivity index (χ4v) is 4.09. The van der Waals surface area contributed by atoms with E-state index in [-0.39, 0.29) is 5.60 Å². The van der Waals surface area contributed by atoms with Crippen molar-refractivity contribution in [3.63, 3.8) is 0 Å². The fraction of sp³-hybridized carbons (Fsp3) is 0.867. The van der Waals surface area contributed by atoms with Crippen LogP contribution in [0.2, 0.25) is 0 Å². The molecule has 2 aliphatic carbocycles. The van der Waals surface area contributed by atoms with Crippen LogP contribution in [0, 0.1) is 0 Å². The van der Waals surface area contributed by atoms with Gasteiger partial charge in [0.25, 0.3) is 0 Å². The molecule has 4 rings (SSSR count). The van der Waals surface area contributed by atoms with Crippen LogP contribution in [-0.2, 0) is 4.74 Å². The van der Waals surface area contributed by atoms with Gasteiger partial charge in [0.1, 0.15) is 0 Å². The molecule has 1 aromatic rings. The highest BCUT2D eigenvalue weighted by Gasteiger charge is 2.41. The molecule has 5 heteroatoms. The Morgan fingerprint density at radius 2 is 1.95 bits per heavy atom. The van der Waals surface area contributed by atoms with Crippen LogP contribution in [0.1, 0.15) is 75.4 Å². The van der Waals surface area contributed by atoms with Crippen LogP contribution in [0.3, 0.4) is 0 Å². The van der Waals surface area contributed by atoms with Crippen LogP contribution in [0.5, 0.6) is 0 Å². The van der Waals surface area contributed by atoms with Crippen molar-refractivity contribution < 1.29 is 4.74 Å². The van der Waals surface area contributed by atoms with Gasteiger partial charge in [-0.15, -0.1) is 5.10 Å². The molecule has 20 heavy (non-hydrogen) atoms. The number of ether oxygens (including phenoxy) is 1. The zero-order chi connectivity index (χ0) is 13.6. The molecule has 1 atom stereocenters. The standard InChI is InChI=1S/C15H24N4O/c16-14-13(11-4-5-11)19(18-17-14)12-6-9-20-15(10-12)7-2-1-3-8-15/h11-12H,1-10,16H2. The summed E-state index contributed by atoms with van der Waals surface area (Å²) >= 11 is 0. The quantitative estimate of drug-likeness (QED) is 0.902. The Balaban J connectivity index is 1.59. The van der Waals surface area contributed by atoms with E-state index >= 15 is 0 Å². The summed E-state index contributed by atoms with van der Waals surface area (Å²) in [6.45, 7) is 0.856.